The highest BCUT2D eigenvalue weighted by molar-refractivity contribution is 5.94. The Bertz CT molecular complexity index is 490. The van der Waals surface area contributed by atoms with Crippen molar-refractivity contribution in [2.45, 2.75) is 0 Å². The number of hydrogen-bond acceptors (Lipinski definition) is 4. The molecule has 0 saturated carbocycles. The number of benzene rings is 1. The Morgan fingerprint density at radius 1 is 1.35 bits per heavy atom. The molecule has 5 heteroatoms. The molecule has 1 rings (SSSR count). The predicted octanol–water partition coefficient (Wildman–Crippen LogP) is 0.111. The molecule has 0 spiro atoms. The Labute approximate surface area is 118 Å². The van der Waals surface area contributed by atoms with Crippen molar-refractivity contribution in [3.05, 3.63) is 35.4 Å². The van der Waals surface area contributed by atoms with Crippen molar-refractivity contribution >= 4 is 5.91 Å². The topological polar surface area (TPSA) is 70.0 Å². The molecule has 0 aliphatic carbocycles. The summed E-state index contributed by atoms with van der Waals surface area (Å²) in [6.07, 6.45) is 0. The van der Waals surface area contributed by atoms with Gasteiger partial charge in [0.2, 0.25) is 0 Å². The summed E-state index contributed by atoms with van der Waals surface area (Å²) in [6, 6.07) is 6.87. The van der Waals surface area contributed by atoms with Crippen LogP contribution in [-0.2, 0) is 4.74 Å². The van der Waals surface area contributed by atoms with Crippen LogP contribution >= 0.6 is 0 Å². The zero-order valence-corrected chi connectivity index (χ0v) is 11.5. The second kappa shape index (κ2) is 9.10. The largest absolute Gasteiger partial charge is 0.395 e. The number of carbonyl (C=O) groups excluding carboxylic acids is 1. The standard InChI is InChI=1S/C15H19NO4/c1-20-11-8-16(7-10-18)15(19)14-6-2-4-13(12-14)5-3-9-17/h2,4,6,12,17-18H,7-11H2,1H3. The molecule has 0 atom stereocenters. The molecule has 0 aromatic heterocycles. The summed E-state index contributed by atoms with van der Waals surface area (Å²) in [5, 5.41) is 17.7. The number of amides is 1. The number of aliphatic hydroxyl groups is 2. The van der Waals surface area contributed by atoms with Gasteiger partial charge in [0, 0.05) is 31.3 Å². The summed E-state index contributed by atoms with van der Waals surface area (Å²) in [5.74, 6) is 5.12. The van der Waals surface area contributed by atoms with E-state index in [-0.39, 0.29) is 25.7 Å². The maximum absolute atomic E-state index is 12.3. The lowest BCUT2D eigenvalue weighted by molar-refractivity contribution is 0.0656. The minimum Gasteiger partial charge on any atom is -0.395 e. The summed E-state index contributed by atoms with van der Waals surface area (Å²) in [4.78, 5) is 13.9. The van der Waals surface area contributed by atoms with E-state index in [1.54, 1.807) is 31.4 Å². The highest BCUT2D eigenvalue weighted by Gasteiger charge is 2.15. The predicted molar refractivity (Wildman–Crippen MR) is 75.3 cm³/mol. The lowest BCUT2D eigenvalue weighted by atomic mass is 10.1. The number of ether oxygens (including phenoxy) is 1. The van der Waals surface area contributed by atoms with Gasteiger partial charge in [0.05, 0.1) is 13.2 Å². The summed E-state index contributed by atoms with van der Waals surface area (Å²) in [5.41, 5.74) is 1.17. The van der Waals surface area contributed by atoms with Crippen LogP contribution in [0.2, 0.25) is 0 Å². The number of aliphatic hydroxyl groups excluding tert-OH is 2. The fourth-order valence-corrected chi connectivity index (χ4v) is 1.69. The zero-order valence-electron chi connectivity index (χ0n) is 11.5. The molecule has 1 aromatic carbocycles. The van der Waals surface area contributed by atoms with Crippen LogP contribution in [0.25, 0.3) is 0 Å². The van der Waals surface area contributed by atoms with Gasteiger partial charge in [-0.1, -0.05) is 17.9 Å². The van der Waals surface area contributed by atoms with E-state index in [4.69, 9.17) is 14.9 Å². The molecule has 0 radical (unpaired) electrons. The van der Waals surface area contributed by atoms with Gasteiger partial charge in [-0.25, -0.2) is 0 Å². The minimum absolute atomic E-state index is 0.0978. The Balaban J connectivity index is 2.87. The first-order valence-corrected chi connectivity index (χ1v) is 6.31. The molecule has 0 heterocycles. The van der Waals surface area contributed by atoms with Crippen LogP contribution in [0.1, 0.15) is 15.9 Å². The highest BCUT2D eigenvalue weighted by Crippen LogP contribution is 2.08. The number of carbonyl (C=O) groups is 1. The maximum Gasteiger partial charge on any atom is 0.254 e. The molecule has 0 aliphatic heterocycles. The second-order valence-corrected chi connectivity index (χ2v) is 4.05. The molecule has 0 aliphatic rings. The van der Waals surface area contributed by atoms with Gasteiger partial charge in [-0.05, 0) is 18.2 Å². The van der Waals surface area contributed by atoms with Gasteiger partial charge in [0.25, 0.3) is 5.91 Å². The Kier molecular flexibility index (Phi) is 7.36. The maximum atomic E-state index is 12.3. The quantitative estimate of drug-likeness (QED) is 0.724. The molecule has 0 unspecified atom stereocenters. The van der Waals surface area contributed by atoms with Gasteiger partial charge in [-0.3, -0.25) is 4.79 Å². The van der Waals surface area contributed by atoms with E-state index < -0.39 is 0 Å². The zero-order chi connectivity index (χ0) is 14.8. The molecule has 1 amide bonds. The summed E-state index contributed by atoms with van der Waals surface area (Å²) >= 11 is 0. The van der Waals surface area contributed by atoms with Crippen LogP contribution in [0.3, 0.4) is 0 Å². The van der Waals surface area contributed by atoms with Gasteiger partial charge in [-0.2, -0.15) is 0 Å². The first-order chi connectivity index (χ1) is 9.72. The van der Waals surface area contributed by atoms with E-state index >= 15 is 0 Å². The van der Waals surface area contributed by atoms with E-state index in [0.29, 0.717) is 24.3 Å². The van der Waals surface area contributed by atoms with Crippen LogP contribution in [0.15, 0.2) is 24.3 Å². The molecule has 20 heavy (non-hydrogen) atoms. The van der Waals surface area contributed by atoms with Crippen LogP contribution in [-0.4, -0.2) is 61.0 Å². The van der Waals surface area contributed by atoms with Gasteiger partial charge in [-0.15, -0.1) is 0 Å². The van der Waals surface area contributed by atoms with Crippen LogP contribution < -0.4 is 0 Å². The normalized spacial score (nSPS) is 9.75. The Morgan fingerprint density at radius 3 is 2.80 bits per heavy atom. The monoisotopic (exact) mass is 277 g/mol. The second-order valence-electron chi connectivity index (χ2n) is 4.05. The van der Waals surface area contributed by atoms with Gasteiger partial charge < -0.3 is 19.8 Å². The molecular weight excluding hydrogens is 258 g/mol. The van der Waals surface area contributed by atoms with E-state index in [1.807, 2.05) is 0 Å². The van der Waals surface area contributed by atoms with Crippen molar-refractivity contribution in [2.75, 3.05) is 40.0 Å². The van der Waals surface area contributed by atoms with E-state index in [0.717, 1.165) is 0 Å². The first-order valence-electron chi connectivity index (χ1n) is 6.31. The lowest BCUT2D eigenvalue weighted by Gasteiger charge is -2.21. The van der Waals surface area contributed by atoms with Crippen molar-refractivity contribution in [1.82, 2.24) is 4.90 Å². The van der Waals surface area contributed by atoms with Crippen molar-refractivity contribution in [2.24, 2.45) is 0 Å². The minimum atomic E-state index is -0.220. The third kappa shape index (κ3) is 5.02. The van der Waals surface area contributed by atoms with Crippen molar-refractivity contribution in [1.29, 1.82) is 0 Å². The lowest BCUT2D eigenvalue weighted by Crippen LogP contribution is -2.36. The van der Waals surface area contributed by atoms with Crippen LogP contribution in [0, 0.1) is 11.8 Å². The smallest absolute Gasteiger partial charge is 0.254 e. The van der Waals surface area contributed by atoms with E-state index in [9.17, 15) is 4.79 Å². The van der Waals surface area contributed by atoms with Crippen molar-refractivity contribution in [3.63, 3.8) is 0 Å². The number of hydrogen-bond donors (Lipinski definition) is 2. The average molecular weight is 277 g/mol. The SMILES string of the molecule is COCCN(CCO)C(=O)c1cccc(C#CCO)c1. The fraction of sp³-hybridized carbons (Fsp3) is 0.400. The van der Waals surface area contributed by atoms with E-state index in [2.05, 4.69) is 11.8 Å². The molecule has 0 bridgehead atoms. The number of methoxy groups -OCH3 is 1. The Hall–Kier alpha value is -1.87. The molecule has 0 fully saturated rings. The molecule has 1 aromatic rings. The summed E-state index contributed by atoms with van der Waals surface area (Å²) < 4.78 is 4.96. The van der Waals surface area contributed by atoms with Crippen molar-refractivity contribution in [3.8, 4) is 11.8 Å². The van der Waals surface area contributed by atoms with Crippen LogP contribution in [0.4, 0.5) is 0 Å². The molecule has 5 nitrogen and oxygen atoms in total. The third-order valence-electron chi connectivity index (χ3n) is 2.64. The molecule has 0 saturated heterocycles. The molecule has 2 N–H and O–H groups in total. The van der Waals surface area contributed by atoms with E-state index in [1.165, 1.54) is 4.90 Å². The Morgan fingerprint density at radius 2 is 2.15 bits per heavy atom. The van der Waals surface area contributed by atoms with Gasteiger partial charge in [0.15, 0.2) is 0 Å². The van der Waals surface area contributed by atoms with Crippen molar-refractivity contribution < 1.29 is 19.7 Å². The first kappa shape index (κ1) is 16.2. The highest BCUT2D eigenvalue weighted by atomic mass is 16.5. The molecule has 108 valence electrons. The average Bonchev–Trinajstić information content (AvgIpc) is 2.49. The fourth-order valence-electron chi connectivity index (χ4n) is 1.69. The van der Waals surface area contributed by atoms with Gasteiger partial charge in [0.1, 0.15) is 6.61 Å². The van der Waals surface area contributed by atoms with Crippen LogP contribution in [0.5, 0.6) is 0 Å². The molecular formula is C15H19NO4. The number of nitrogens with zero attached hydrogens (tertiary/aromatic N) is 1. The number of rotatable bonds is 6. The summed E-state index contributed by atoms with van der Waals surface area (Å²) in [6.45, 7) is 0.773. The third-order valence-corrected chi connectivity index (χ3v) is 2.64. The summed E-state index contributed by atoms with van der Waals surface area (Å²) in [7, 11) is 1.56. The van der Waals surface area contributed by atoms with Gasteiger partial charge >= 0.3 is 0 Å².